The van der Waals surface area contributed by atoms with E-state index in [4.69, 9.17) is 15.2 Å². The van der Waals surface area contributed by atoms with Crippen LogP contribution in [-0.2, 0) is 19.1 Å². The highest BCUT2D eigenvalue weighted by Crippen LogP contribution is 2.43. The van der Waals surface area contributed by atoms with Gasteiger partial charge in [0.05, 0.1) is 37.4 Å². The summed E-state index contributed by atoms with van der Waals surface area (Å²) in [4.78, 5) is 32.5. The molecule has 9 nitrogen and oxygen atoms in total. The van der Waals surface area contributed by atoms with E-state index in [1.54, 1.807) is 24.3 Å². The second kappa shape index (κ2) is 11.8. The molecule has 1 fully saturated rings. The fourth-order valence-corrected chi connectivity index (χ4v) is 5.14. The molecule has 2 N–H and O–H groups in total. The fourth-order valence-electron chi connectivity index (χ4n) is 5.14. The number of piperazine rings is 1. The summed E-state index contributed by atoms with van der Waals surface area (Å²) in [5.74, 6) is -2.35. The van der Waals surface area contributed by atoms with E-state index in [1.165, 1.54) is 19.1 Å². The summed E-state index contributed by atoms with van der Waals surface area (Å²) in [6.45, 7) is 7.13. The standard InChI is InChI=1S/C29H33N5O4/c1-4-14-32-15-17-33(18-16-32)21-10-12-22(13-11-21)34-26(29(36)38-3)25(28(35)37-2)24(23(19-30)27(34)31)20-8-6-5-7-9-20/h5-13,24H,4,14-18,31H2,1-3H3. The molecule has 2 aromatic rings. The molecule has 0 aliphatic carbocycles. The lowest BCUT2D eigenvalue weighted by molar-refractivity contribution is -0.139. The Morgan fingerprint density at radius 1 is 0.947 bits per heavy atom. The second-order valence-corrected chi connectivity index (χ2v) is 9.18. The van der Waals surface area contributed by atoms with Crippen LogP contribution in [0.15, 0.2) is 77.3 Å². The molecule has 0 spiro atoms. The number of nitrogens with two attached hydrogens (primary N) is 1. The van der Waals surface area contributed by atoms with Gasteiger partial charge in [0.2, 0.25) is 0 Å². The number of benzene rings is 2. The Balaban J connectivity index is 1.79. The van der Waals surface area contributed by atoms with Crippen molar-refractivity contribution >= 4 is 23.3 Å². The summed E-state index contributed by atoms with van der Waals surface area (Å²) >= 11 is 0. The van der Waals surface area contributed by atoms with Gasteiger partial charge in [-0.1, -0.05) is 37.3 Å². The zero-order valence-electron chi connectivity index (χ0n) is 22.0. The van der Waals surface area contributed by atoms with Gasteiger partial charge in [-0.25, -0.2) is 9.59 Å². The maximum Gasteiger partial charge on any atom is 0.355 e. The third kappa shape index (κ3) is 5.08. The van der Waals surface area contributed by atoms with E-state index in [0.717, 1.165) is 44.8 Å². The zero-order valence-corrected chi connectivity index (χ0v) is 22.0. The van der Waals surface area contributed by atoms with Gasteiger partial charge < -0.3 is 20.1 Å². The molecular formula is C29H33N5O4. The molecule has 0 aromatic heterocycles. The lowest BCUT2D eigenvalue weighted by Gasteiger charge is -2.37. The van der Waals surface area contributed by atoms with Crippen molar-refractivity contribution in [1.82, 2.24) is 4.90 Å². The maximum absolute atomic E-state index is 13.2. The highest BCUT2D eigenvalue weighted by atomic mass is 16.5. The quantitative estimate of drug-likeness (QED) is 0.556. The van der Waals surface area contributed by atoms with E-state index < -0.39 is 17.9 Å². The predicted octanol–water partition coefficient (Wildman–Crippen LogP) is 3.12. The van der Waals surface area contributed by atoms with Gasteiger partial charge in [-0.15, -0.1) is 0 Å². The first kappa shape index (κ1) is 26.8. The minimum atomic E-state index is -0.891. The number of allylic oxidation sites excluding steroid dienone is 1. The van der Waals surface area contributed by atoms with Gasteiger partial charge in [-0.05, 0) is 42.8 Å². The van der Waals surface area contributed by atoms with Crippen molar-refractivity contribution in [2.24, 2.45) is 5.73 Å². The molecule has 1 atom stereocenters. The summed E-state index contributed by atoms with van der Waals surface area (Å²) in [5.41, 5.74) is 8.83. The van der Waals surface area contributed by atoms with Crippen molar-refractivity contribution in [2.45, 2.75) is 19.3 Å². The van der Waals surface area contributed by atoms with Crippen LogP contribution in [0.1, 0.15) is 24.8 Å². The summed E-state index contributed by atoms with van der Waals surface area (Å²) < 4.78 is 10.2. The van der Waals surface area contributed by atoms with Gasteiger partial charge in [0.25, 0.3) is 0 Å². The number of hydrogen-bond donors (Lipinski definition) is 1. The van der Waals surface area contributed by atoms with Gasteiger partial charge in [-0.2, -0.15) is 5.26 Å². The van der Waals surface area contributed by atoms with Crippen molar-refractivity contribution < 1.29 is 19.1 Å². The molecular weight excluding hydrogens is 482 g/mol. The SMILES string of the molecule is CCCN1CCN(c2ccc(N3C(N)=C(C#N)C(c4ccccc4)C(C(=O)OC)=C3C(=O)OC)cc2)CC1. The van der Waals surface area contributed by atoms with Crippen LogP contribution in [0.2, 0.25) is 0 Å². The third-order valence-corrected chi connectivity index (χ3v) is 7.00. The number of esters is 2. The van der Waals surface area contributed by atoms with E-state index >= 15 is 0 Å². The Morgan fingerprint density at radius 3 is 2.11 bits per heavy atom. The van der Waals surface area contributed by atoms with Crippen LogP contribution in [0.4, 0.5) is 11.4 Å². The normalized spacial score (nSPS) is 18.3. The van der Waals surface area contributed by atoms with E-state index in [-0.39, 0.29) is 22.7 Å². The minimum absolute atomic E-state index is 0.00702. The van der Waals surface area contributed by atoms with Gasteiger partial charge >= 0.3 is 11.9 Å². The molecule has 0 saturated carbocycles. The van der Waals surface area contributed by atoms with Crippen molar-refractivity contribution in [3.8, 4) is 6.07 Å². The molecule has 9 heteroatoms. The van der Waals surface area contributed by atoms with Crippen LogP contribution < -0.4 is 15.5 Å². The summed E-state index contributed by atoms with van der Waals surface area (Å²) in [6, 6.07) is 18.7. The summed E-state index contributed by atoms with van der Waals surface area (Å²) in [5, 5.41) is 10.2. The summed E-state index contributed by atoms with van der Waals surface area (Å²) in [6.07, 6.45) is 1.14. The first-order valence-corrected chi connectivity index (χ1v) is 12.7. The van der Waals surface area contributed by atoms with E-state index in [1.807, 2.05) is 30.3 Å². The van der Waals surface area contributed by atoms with Gasteiger partial charge in [-0.3, -0.25) is 9.80 Å². The molecule has 1 unspecified atom stereocenters. The van der Waals surface area contributed by atoms with Crippen LogP contribution in [-0.4, -0.2) is 63.8 Å². The van der Waals surface area contributed by atoms with Gasteiger partial charge in [0.15, 0.2) is 0 Å². The molecule has 38 heavy (non-hydrogen) atoms. The third-order valence-electron chi connectivity index (χ3n) is 7.00. The smallest absolute Gasteiger partial charge is 0.355 e. The van der Waals surface area contributed by atoms with Crippen molar-refractivity contribution in [3.63, 3.8) is 0 Å². The van der Waals surface area contributed by atoms with E-state index in [2.05, 4.69) is 22.8 Å². The molecule has 0 amide bonds. The predicted molar refractivity (Wildman–Crippen MR) is 145 cm³/mol. The lowest BCUT2D eigenvalue weighted by Crippen LogP contribution is -2.46. The molecule has 2 aromatic carbocycles. The number of methoxy groups -OCH3 is 2. The Kier molecular flexibility index (Phi) is 8.34. The molecule has 1 saturated heterocycles. The molecule has 4 rings (SSSR count). The number of carbonyl (C=O) groups excluding carboxylic acids is 2. The highest BCUT2D eigenvalue weighted by Gasteiger charge is 2.43. The zero-order chi connectivity index (χ0) is 27.2. The number of ether oxygens (including phenoxy) is 2. The summed E-state index contributed by atoms with van der Waals surface area (Å²) in [7, 11) is 2.47. The van der Waals surface area contributed by atoms with Crippen LogP contribution in [0.3, 0.4) is 0 Å². The molecule has 2 aliphatic rings. The minimum Gasteiger partial charge on any atom is -0.466 e. The first-order chi connectivity index (χ1) is 18.4. The Morgan fingerprint density at radius 2 is 1.55 bits per heavy atom. The Labute approximate surface area is 223 Å². The van der Waals surface area contributed by atoms with E-state index in [9.17, 15) is 14.9 Å². The number of nitriles is 1. The fraction of sp³-hybridized carbons (Fsp3) is 0.345. The van der Waals surface area contributed by atoms with Crippen molar-refractivity contribution in [2.75, 3.05) is 56.7 Å². The largest absolute Gasteiger partial charge is 0.466 e. The van der Waals surface area contributed by atoms with Crippen molar-refractivity contribution in [3.05, 3.63) is 82.8 Å². The van der Waals surface area contributed by atoms with Crippen LogP contribution in [0.5, 0.6) is 0 Å². The average Bonchev–Trinajstić information content (AvgIpc) is 2.96. The van der Waals surface area contributed by atoms with Crippen LogP contribution in [0.25, 0.3) is 0 Å². The first-order valence-electron chi connectivity index (χ1n) is 12.7. The van der Waals surface area contributed by atoms with E-state index in [0.29, 0.717) is 11.3 Å². The van der Waals surface area contributed by atoms with Crippen LogP contribution >= 0.6 is 0 Å². The average molecular weight is 516 g/mol. The number of nitrogens with zero attached hydrogens (tertiary/aromatic N) is 4. The Hall–Kier alpha value is -4.29. The molecule has 2 aliphatic heterocycles. The lowest BCUT2D eigenvalue weighted by atomic mass is 9.81. The monoisotopic (exact) mass is 515 g/mol. The Bertz CT molecular complexity index is 1270. The maximum atomic E-state index is 13.2. The van der Waals surface area contributed by atoms with Crippen molar-refractivity contribution in [1.29, 1.82) is 5.26 Å². The molecule has 2 heterocycles. The number of hydrogen-bond acceptors (Lipinski definition) is 9. The number of rotatable bonds is 7. The molecule has 0 bridgehead atoms. The number of anilines is 2. The number of carbonyl (C=O) groups is 2. The van der Waals surface area contributed by atoms with Crippen LogP contribution in [0, 0.1) is 11.3 Å². The van der Waals surface area contributed by atoms with Gasteiger partial charge in [0, 0.05) is 37.6 Å². The molecule has 0 radical (unpaired) electrons. The molecule has 198 valence electrons. The highest BCUT2D eigenvalue weighted by molar-refractivity contribution is 6.06. The topological polar surface area (TPSA) is 112 Å². The van der Waals surface area contributed by atoms with Gasteiger partial charge in [0.1, 0.15) is 11.5 Å². The second-order valence-electron chi connectivity index (χ2n) is 9.18.